The van der Waals surface area contributed by atoms with Gasteiger partial charge >= 0.3 is 0 Å². The van der Waals surface area contributed by atoms with Gasteiger partial charge < -0.3 is 10.5 Å². The van der Waals surface area contributed by atoms with Gasteiger partial charge in [-0.3, -0.25) is 0 Å². The van der Waals surface area contributed by atoms with E-state index < -0.39 is 0 Å². The Kier molecular flexibility index (Phi) is 3.91. The van der Waals surface area contributed by atoms with Crippen molar-refractivity contribution in [3.8, 4) is 16.9 Å². The van der Waals surface area contributed by atoms with Crippen molar-refractivity contribution in [2.75, 3.05) is 7.11 Å². The highest BCUT2D eigenvalue weighted by Crippen LogP contribution is 2.34. The highest BCUT2D eigenvalue weighted by atomic mass is 16.5. The van der Waals surface area contributed by atoms with Crippen molar-refractivity contribution in [1.29, 1.82) is 0 Å². The van der Waals surface area contributed by atoms with Gasteiger partial charge in [-0.05, 0) is 49.1 Å². The first kappa shape index (κ1) is 13.6. The summed E-state index contributed by atoms with van der Waals surface area (Å²) in [4.78, 5) is 0. The van der Waals surface area contributed by atoms with Crippen LogP contribution in [0.4, 0.5) is 0 Å². The fourth-order valence-electron chi connectivity index (χ4n) is 2.41. The molecule has 0 bridgehead atoms. The third kappa shape index (κ3) is 2.79. The second kappa shape index (κ2) is 5.45. The molecule has 0 amide bonds. The zero-order valence-corrected chi connectivity index (χ0v) is 12.0. The minimum absolute atomic E-state index is 0.0649. The lowest BCUT2D eigenvalue weighted by Crippen LogP contribution is -2.04. The van der Waals surface area contributed by atoms with E-state index in [0.29, 0.717) is 0 Å². The Morgan fingerprint density at radius 3 is 2.21 bits per heavy atom. The Morgan fingerprint density at radius 1 is 1.05 bits per heavy atom. The molecule has 2 heteroatoms. The summed E-state index contributed by atoms with van der Waals surface area (Å²) >= 11 is 0. The highest BCUT2D eigenvalue weighted by molar-refractivity contribution is 5.74. The zero-order valence-electron chi connectivity index (χ0n) is 12.0. The normalized spacial score (nSPS) is 12.3. The minimum atomic E-state index is 0.0649. The summed E-state index contributed by atoms with van der Waals surface area (Å²) in [5.41, 5.74) is 11.8. The highest BCUT2D eigenvalue weighted by Gasteiger charge is 2.10. The Bertz CT molecular complexity index is 571. The maximum atomic E-state index is 5.88. The number of hydrogen-bond donors (Lipinski definition) is 1. The van der Waals surface area contributed by atoms with Crippen LogP contribution in [0.3, 0.4) is 0 Å². The summed E-state index contributed by atoms with van der Waals surface area (Å²) in [5.74, 6) is 0.922. The van der Waals surface area contributed by atoms with Gasteiger partial charge in [0.05, 0.1) is 7.11 Å². The van der Waals surface area contributed by atoms with Crippen molar-refractivity contribution >= 4 is 0 Å². The number of methoxy groups -OCH3 is 1. The van der Waals surface area contributed by atoms with Gasteiger partial charge in [0.2, 0.25) is 0 Å². The molecular formula is C17H21NO. The first-order valence-corrected chi connectivity index (χ1v) is 6.54. The average molecular weight is 255 g/mol. The van der Waals surface area contributed by atoms with E-state index in [4.69, 9.17) is 10.5 Å². The molecule has 1 atom stereocenters. The number of nitrogens with two attached hydrogens (primary N) is 1. The van der Waals surface area contributed by atoms with E-state index in [0.717, 1.165) is 16.9 Å². The van der Waals surface area contributed by atoms with Crippen molar-refractivity contribution in [3.63, 3.8) is 0 Å². The second-order valence-corrected chi connectivity index (χ2v) is 5.07. The monoisotopic (exact) mass is 255 g/mol. The van der Waals surface area contributed by atoms with Gasteiger partial charge in [0.15, 0.2) is 0 Å². The van der Waals surface area contributed by atoms with E-state index in [-0.39, 0.29) is 6.04 Å². The SMILES string of the molecule is COc1cc(C)cc(C)c1-c1ccc(C(C)N)cc1. The maximum absolute atomic E-state index is 5.88. The molecule has 2 nitrogen and oxygen atoms in total. The molecule has 2 aromatic rings. The van der Waals surface area contributed by atoms with Gasteiger partial charge in [-0.1, -0.05) is 30.3 Å². The first-order chi connectivity index (χ1) is 9.02. The summed E-state index contributed by atoms with van der Waals surface area (Å²) in [6, 6.07) is 12.7. The molecule has 0 fully saturated rings. The van der Waals surface area contributed by atoms with Crippen LogP contribution in [0.25, 0.3) is 11.1 Å². The topological polar surface area (TPSA) is 35.2 Å². The molecule has 0 radical (unpaired) electrons. The molecule has 0 spiro atoms. The maximum Gasteiger partial charge on any atom is 0.127 e. The van der Waals surface area contributed by atoms with Crippen LogP contribution in [0.2, 0.25) is 0 Å². The van der Waals surface area contributed by atoms with Crippen LogP contribution in [-0.4, -0.2) is 7.11 Å². The molecular weight excluding hydrogens is 234 g/mol. The van der Waals surface area contributed by atoms with E-state index in [1.54, 1.807) is 7.11 Å². The molecule has 0 aliphatic rings. The number of rotatable bonds is 3. The molecule has 0 aromatic heterocycles. The standard InChI is InChI=1S/C17H21NO/c1-11-9-12(2)17(16(10-11)19-4)15-7-5-14(6-8-15)13(3)18/h5-10,13H,18H2,1-4H3. The van der Waals surface area contributed by atoms with Crippen LogP contribution < -0.4 is 10.5 Å². The van der Waals surface area contributed by atoms with Gasteiger partial charge in [-0.25, -0.2) is 0 Å². The van der Waals surface area contributed by atoms with Crippen molar-refractivity contribution in [2.24, 2.45) is 5.73 Å². The van der Waals surface area contributed by atoms with E-state index in [9.17, 15) is 0 Å². The molecule has 100 valence electrons. The first-order valence-electron chi connectivity index (χ1n) is 6.54. The van der Waals surface area contributed by atoms with Crippen LogP contribution in [0.15, 0.2) is 36.4 Å². The molecule has 0 saturated carbocycles. The van der Waals surface area contributed by atoms with Crippen molar-refractivity contribution in [2.45, 2.75) is 26.8 Å². The summed E-state index contributed by atoms with van der Waals surface area (Å²) in [5, 5.41) is 0. The quantitative estimate of drug-likeness (QED) is 0.899. The minimum Gasteiger partial charge on any atom is -0.496 e. The van der Waals surface area contributed by atoms with E-state index in [1.165, 1.54) is 16.7 Å². The van der Waals surface area contributed by atoms with Crippen LogP contribution in [0, 0.1) is 13.8 Å². The summed E-state index contributed by atoms with van der Waals surface area (Å²) in [6.07, 6.45) is 0. The van der Waals surface area contributed by atoms with Gasteiger partial charge in [0.1, 0.15) is 5.75 Å². The fourth-order valence-corrected chi connectivity index (χ4v) is 2.41. The molecule has 1 unspecified atom stereocenters. The molecule has 2 aromatic carbocycles. The smallest absolute Gasteiger partial charge is 0.127 e. The number of hydrogen-bond acceptors (Lipinski definition) is 2. The predicted molar refractivity (Wildman–Crippen MR) is 80.5 cm³/mol. The van der Waals surface area contributed by atoms with Gasteiger partial charge in [0.25, 0.3) is 0 Å². The molecule has 0 saturated heterocycles. The van der Waals surface area contributed by atoms with Crippen molar-refractivity contribution < 1.29 is 4.74 Å². The molecule has 2 N–H and O–H groups in total. The van der Waals surface area contributed by atoms with Crippen LogP contribution in [0.1, 0.15) is 29.7 Å². The molecule has 19 heavy (non-hydrogen) atoms. The Morgan fingerprint density at radius 2 is 1.68 bits per heavy atom. The average Bonchev–Trinajstić information content (AvgIpc) is 2.38. The summed E-state index contributed by atoms with van der Waals surface area (Å²) in [7, 11) is 1.72. The fraction of sp³-hybridized carbons (Fsp3) is 0.294. The number of aryl methyl sites for hydroxylation is 2. The van der Waals surface area contributed by atoms with Crippen LogP contribution in [0.5, 0.6) is 5.75 Å². The molecule has 0 aliphatic heterocycles. The number of benzene rings is 2. The van der Waals surface area contributed by atoms with E-state index >= 15 is 0 Å². The van der Waals surface area contributed by atoms with Crippen LogP contribution in [-0.2, 0) is 0 Å². The molecule has 0 heterocycles. The van der Waals surface area contributed by atoms with E-state index in [1.807, 2.05) is 6.92 Å². The van der Waals surface area contributed by atoms with Gasteiger partial charge in [-0.2, -0.15) is 0 Å². The lowest BCUT2D eigenvalue weighted by atomic mass is 9.96. The Balaban J connectivity index is 2.52. The third-order valence-corrected chi connectivity index (χ3v) is 3.39. The Hall–Kier alpha value is -1.80. The van der Waals surface area contributed by atoms with Crippen molar-refractivity contribution in [3.05, 3.63) is 53.1 Å². The number of ether oxygens (including phenoxy) is 1. The zero-order chi connectivity index (χ0) is 14.0. The Labute approximate surface area is 115 Å². The predicted octanol–water partition coefficient (Wildman–Crippen LogP) is 4.00. The largest absolute Gasteiger partial charge is 0.496 e. The van der Waals surface area contributed by atoms with Crippen molar-refractivity contribution in [1.82, 2.24) is 0 Å². The molecule has 2 rings (SSSR count). The lowest BCUT2D eigenvalue weighted by molar-refractivity contribution is 0.416. The van der Waals surface area contributed by atoms with E-state index in [2.05, 4.69) is 50.2 Å². The summed E-state index contributed by atoms with van der Waals surface area (Å²) in [6.45, 7) is 6.19. The van der Waals surface area contributed by atoms with Gasteiger partial charge in [-0.15, -0.1) is 0 Å². The van der Waals surface area contributed by atoms with Gasteiger partial charge in [0, 0.05) is 11.6 Å². The summed E-state index contributed by atoms with van der Waals surface area (Å²) < 4.78 is 5.51. The third-order valence-electron chi connectivity index (χ3n) is 3.39. The molecule has 0 aliphatic carbocycles. The second-order valence-electron chi connectivity index (χ2n) is 5.07. The van der Waals surface area contributed by atoms with Crippen LogP contribution >= 0.6 is 0 Å². The lowest BCUT2D eigenvalue weighted by Gasteiger charge is -2.14.